The summed E-state index contributed by atoms with van der Waals surface area (Å²) in [5, 5.41) is 0. The summed E-state index contributed by atoms with van der Waals surface area (Å²) in [5.41, 5.74) is -0.608. The van der Waals surface area contributed by atoms with E-state index >= 15 is 0 Å². The van der Waals surface area contributed by atoms with Crippen molar-refractivity contribution in [1.82, 2.24) is 4.90 Å². The Labute approximate surface area is 142 Å². The predicted molar refractivity (Wildman–Crippen MR) is 86.0 cm³/mol. The third-order valence-electron chi connectivity index (χ3n) is 4.22. The van der Waals surface area contributed by atoms with Crippen LogP contribution in [0.4, 0.5) is 23.2 Å². The standard InChI is InChI=1S/C18H16F4N2O/c19-15-7-3-1-5-13(15)17(25)24-11-9-23(10-12-24)16-8-4-2-6-14(16)18(20,21)22/h1-8H,9-12H2. The van der Waals surface area contributed by atoms with Crippen molar-refractivity contribution in [2.75, 3.05) is 31.1 Å². The summed E-state index contributed by atoms with van der Waals surface area (Å²) >= 11 is 0. The first-order chi connectivity index (χ1) is 11.9. The molecule has 1 fully saturated rings. The van der Waals surface area contributed by atoms with Crippen molar-refractivity contribution >= 4 is 11.6 Å². The van der Waals surface area contributed by atoms with Gasteiger partial charge in [-0.25, -0.2) is 4.39 Å². The van der Waals surface area contributed by atoms with E-state index < -0.39 is 23.5 Å². The second-order valence-electron chi connectivity index (χ2n) is 5.77. The molecule has 25 heavy (non-hydrogen) atoms. The van der Waals surface area contributed by atoms with E-state index in [4.69, 9.17) is 0 Å². The molecule has 0 saturated carbocycles. The summed E-state index contributed by atoms with van der Waals surface area (Å²) < 4.78 is 53.2. The Hall–Kier alpha value is -2.57. The summed E-state index contributed by atoms with van der Waals surface area (Å²) in [4.78, 5) is 15.4. The molecule has 0 N–H and O–H groups in total. The topological polar surface area (TPSA) is 23.6 Å². The first-order valence-electron chi connectivity index (χ1n) is 7.83. The second kappa shape index (κ2) is 6.74. The molecule has 0 radical (unpaired) electrons. The molecule has 0 spiro atoms. The molecule has 0 atom stereocenters. The highest BCUT2D eigenvalue weighted by Crippen LogP contribution is 2.36. The van der Waals surface area contributed by atoms with Crippen molar-refractivity contribution in [3.63, 3.8) is 0 Å². The molecule has 132 valence electrons. The first-order valence-corrected chi connectivity index (χ1v) is 7.83. The molecule has 3 nitrogen and oxygen atoms in total. The molecule has 0 aliphatic carbocycles. The van der Waals surface area contributed by atoms with Crippen LogP contribution in [0.15, 0.2) is 48.5 Å². The van der Waals surface area contributed by atoms with Gasteiger partial charge in [0.15, 0.2) is 0 Å². The van der Waals surface area contributed by atoms with E-state index in [9.17, 15) is 22.4 Å². The van der Waals surface area contributed by atoms with Gasteiger partial charge in [-0.1, -0.05) is 24.3 Å². The van der Waals surface area contributed by atoms with Crippen molar-refractivity contribution in [2.24, 2.45) is 0 Å². The van der Waals surface area contributed by atoms with Gasteiger partial charge in [0.2, 0.25) is 0 Å². The average molecular weight is 352 g/mol. The zero-order valence-corrected chi connectivity index (χ0v) is 13.3. The van der Waals surface area contributed by atoms with Crippen molar-refractivity contribution in [2.45, 2.75) is 6.18 Å². The molecule has 7 heteroatoms. The molecular formula is C18H16F4N2O. The van der Waals surface area contributed by atoms with E-state index in [1.54, 1.807) is 17.0 Å². The van der Waals surface area contributed by atoms with Crippen LogP contribution in [-0.4, -0.2) is 37.0 Å². The highest BCUT2D eigenvalue weighted by Gasteiger charge is 2.35. The van der Waals surface area contributed by atoms with Crippen molar-refractivity contribution in [3.8, 4) is 0 Å². The van der Waals surface area contributed by atoms with Gasteiger partial charge in [0.25, 0.3) is 5.91 Å². The van der Waals surface area contributed by atoms with E-state index in [1.807, 2.05) is 0 Å². The van der Waals surface area contributed by atoms with Crippen molar-refractivity contribution in [1.29, 1.82) is 0 Å². The molecule has 0 bridgehead atoms. The number of piperazine rings is 1. The largest absolute Gasteiger partial charge is 0.418 e. The zero-order valence-electron chi connectivity index (χ0n) is 13.3. The van der Waals surface area contributed by atoms with E-state index in [-0.39, 0.29) is 37.4 Å². The number of carbonyl (C=O) groups excluding carboxylic acids is 1. The Bertz CT molecular complexity index is 768. The Morgan fingerprint density at radius 1 is 0.880 bits per heavy atom. The lowest BCUT2D eigenvalue weighted by atomic mass is 10.1. The van der Waals surface area contributed by atoms with Crippen LogP contribution in [0.1, 0.15) is 15.9 Å². The number of carbonyl (C=O) groups is 1. The maximum Gasteiger partial charge on any atom is 0.418 e. The van der Waals surface area contributed by atoms with Crippen LogP contribution in [0.2, 0.25) is 0 Å². The monoisotopic (exact) mass is 352 g/mol. The summed E-state index contributed by atoms with van der Waals surface area (Å²) in [6, 6.07) is 11.1. The molecular weight excluding hydrogens is 336 g/mol. The van der Waals surface area contributed by atoms with Gasteiger partial charge >= 0.3 is 6.18 Å². The lowest BCUT2D eigenvalue weighted by Crippen LogP contribution is -2.49. The number of rotatable bonds is 2. The summed E-state index contributed by atoms with van der Waals surface area (Å²) in [6.07, 6.45) is -4.43. The minimum Gasteiger partial charge on any atom is -0.367 e. The number of anilines is 1. The molecule has 1 saturated heterocycles. The lowest BCUT2D eigenvalue weighted by Gasteiger charge is -2.37. The van der Waals surface area contributed by atoms with E-state index in [0.717, 1.165) is 6.07 Å². The number of halogens is 4. The van der Waals surface area contributed by atoms with Gasteiger partial charge in [-0.15, -0.1) is 0 Å². The van der Waals surface area contributed by atoms with Crippen LogP contribution in [0.25, 0.3) is 0 Å². The fourth-order valence-electron chi connectivity index (χ4n) is 2.94. The van der Waals surface area contributed by atoms with Crippen molar-refractivity contribution < 1.29 is 22.4 Å². The highest BCUT2D eigenvalue weighted by atomic mass is 19.4. The third-order valence-corrected chi connectivity index (χ3v) is 4.22. The zero-order chi connectivity index (χ0) is 18.0. The number of hydrogen-bond donors (Lipinski definition) is 0. The maximum atomic E-state index is 13.7. The fourth-order valence-corrected chi connectivity index (χ4v) is 2.94. The number of amides is 1. The Morgan fingerprint density at radius 3 is 2.12 bits per heavy atom. The smallest absolute Gasteiger partial charge is 0.367 e. The number of nitrogens with zero attached hydrogens (tertiary/aromatic N) is 2. The molecule has 3 rings (SSSR count). The van der Waals surface area contributed by atoms with E-state index in [2.05, 4.69) is 0 Å². The van der Waals surface area contributed by atoms with Crippen LogP contribution in [-0.2, 0) is 6.18 Å². The summed E-state index contributed by atoms with van der Waals surface area (Å²) in [7, 11) is 0. The average Bonchev–Trinajstić information content (AvgIpc) is 2.61. The van der Waals surface area contributed by atoms with Crippen molar-refractivity contribution in [3.05, 3.63) is 65.5 Å². The summed E-state index contributed by atoms with van der Waals surface area (Å²) in [5.74, 6) is -1.04. The molecule has 1 aliphatic heterocycles. The first kappa shape index (κ1) is 17.3. The number of benzene rings is 2. The van der Waals surface area contributed by atoms with Gasteiger partial charge in [0.1, 0.15) is 5.82 Å². The SMILES string of the molecule is O=C(c1ccccc1F)N1CCN(c2ccccc2C(F)(F)F)CC1. The van der Waals surface area contributed by atoms with Crippen LogP contribution < -0.4 is 4.90 Å². The molecule has 2 aromatic rings. The minimum absolute atomic E-state index is 0.0216. The molecule has 1 heterocycles. The Kier molecular flexibility index (Phi) is 4.65. The fraction of sp³-hybridized carbons (Fsp3) is 0.278. The number of hydrogen-bond acceptors (Lipinski definition) is 2. The molecule has 1 aliphatic rings. The van der Waals surface area contributed by atoms with Crippen LogP contribution in [0, 0.1) is 5.82 Å². The Morgan fingerprint density at radius 2 is 1.48 bits per heavy atom. The lowest BCUT2D eigenvalue weighted by molar-refractivity contribution is -0.137. The quantitative estimate of drug-likeness (QED) is 0.768. The molecule has 1 amide bonds. The normalized spacial score (nSPS) is 15.4. The third kappa shape index (κ3) is 3.60. The molecule has 0 aromatic heterocycles. The number of para-hydroxylation sites is 1. The van der Waals surface area contributed by atoms with Gasteiger partial charge in [-0.3, -0.25) is 4.79 Å². The second-order valence-corrected chi connectivity index (χ2v) is 5.77. The van der Waals surface area contributed by atoms with Crippen LogP contribution in [0.5, 0.6) is 0 Å². The number of alkyl halides is 3. The van der Waals surface area contributed by atoms with Gasteiger partial charge in [-0.2, -0.15) is 13.2 Å². The van der Waals surface area contributed by atoms with Gasteiger partial charge in [0.05, 0.1) is 11.1 Å². The molecule has 0 unspecified atom stereocenters. The minimum atomic E-state index is -4.43. The molecule has 2 aromatic carbocycles. The highest BCUT2D eigenvalue weighted by molar-refractivity contribution is 5.94. The Balaban J connectivity index is 1.73. The van der Waals surface area contributed by atoms with Gasteiger partial charge in [-0.05, 0) is 24.3 Å². The maximum absolute atomic E-state index is 13.7. The van der Waals surface area contributed by atoms with E-state index in [1.165, 1.54) is 35.2 Å². The van der Waals surface area contributed by atoms with Gasteiger partial charge in [0, 0.05) is 31.9 Å². The summed E-state index contributed by atoms with van der Waals surface area (Å²) in [6.45, 7) is 0.985. The van der Waals surface area contributed by atoms with Crippen LogP contribution >= 0.6 is 0 Å². The van der Waals surface area contributed by atoms with E-state index in [0.29, 0.717) is 0 Å². The van der Waals surface area contributed by atoms with Gasteiger partial charge < -0.3 is 9.80 Å². The van der Waals surface area contributed by atoms with Crippen LogP contribution in [0.3, 0.4) is 0 Å². The predicted octanol–water partition coefficient (Wildman–Crippen LogP) is 3.81.